The molecule has 0 atom stereocenters. The van der Waals surface area contributed by atoms with Crippen LogP contribution in [0.1, 0.15) is 10.4 Å². The molecule has 0 radical (unpaired) electrons. The zero-order valence-electron chi connectivity index (χ0n) is 15.9. The number of amides is 1. The van der Waals surface area contributed by atoms with E-state index in [4.69, 9.17) is 0 Å². The molecular weight excluding hydrogens is 411 g/mol. The summed E-state index contributed by atoms with van der Waals surface area (Å²) in [6, 6.07) is 10.2. The summed E-state index contributed by atoms with van der Waals surface area (Å²) in [5.74, 6) is -0.842. The lowest BCUT2D eigenvalue weighted by molar-refractivity contribution is -0.384. The number of halogens is 1. The highest BCUT2D eigenvalue weighted by atomic mass is 32.1. The topological polar surface area (TPSA) is 106 Å². The van der Waals surface area contributed by atoms with E-state index in [0.29, 0.717) is 16.3 Å². The predicted molar refractivity (Wildman–Crippen MR) is 112 cm³/mol. The van der Waals surface area contributed by atoms with Gasteiger partial charge in [0.05, 0.1) is 10.6 Å². The van der Waals surface area contributed by atoms with Crippen molar-refractivity contribution < 1.29 is 14.1 Å². The van der Waals surface area contributed by atoms with Gasteiger partial charge in [-0.05, 0) is 36.4 Å². The maximum absolute atomic E-state index is 13.2. The van der Waals surface area contributed by atoms with Crippen LogP contribution < -0.4 is 10.2 Å². The minimum Gasteiger partial charge on any atom is -0.372 e. The molecule has 0 aliphatic rings. The van der Waals surface area contributed by atoms with Crippen molar-refractivity contribution in [3.8, 4) is 11.3 Å². The van der Waals surface area contributed by atoms with Crippen molar-refractivity contribution in [1.82, 2.24) is 14.6 Å². The molecule has 0 unspecified atom stereocenters. The Morgan fingerprint density at radius 3 is 2.63 bits per heavy atom. The van der Waals surface area contributed by atoms with E-state index in [0.717, 1.165) is 5.56 Å². The number of nitro groups is 1. The number of aromatic nitrogens is 3. The van der Waals surface area contributed by atoms with E-state index in [1.165, 1.54) is 41.7 Å². The first-order chi connectivity index (χ1) is 14.3. The fraction of sp³-hybridized carbons (Fsp3) is 0.105. The van der Waals surface area contributed by atoms with Gasteiger partial charge >= 0.3 is 0 Å². The van der Waals surface area contributed by atoms with E-state index >= 15 is 0 Å². The molecule has 0 bridgehead atoms. The first-order valence-electron chi connectivity index (χ1n) is 8.71. The SMILES string of the molecule is CN(C)c1ccc(C(=O)Nc2nc3scc(-c4ccc(F)cc4)n3n2)cc1[N+](=O)[O-]. The highest BCUT2D eigenvalue weighted by Gasteiger charge is 2.20. The second-order valence-corrected chi connectivity index (χ2v) is 7.40. The summed E-state index contributed by atoms with van der Waals surface area (Å²) >= 11 is 1.32. The fourth-order valence-corrected chi connectivity index (χ4v) is 3.75. The van der Waals surface area contributed by atoms with E-state index in [1.807, 2.05) is 5.38 Å². The van der Waals surface area contributed by atoms with Gasteiger partial charge in [-0.3, -0.25) is 20.2 Å². The number of carbonyl (C=O) groups excluding carboxylic acids is 1. The molecule has 0 fully saturated rings. The summed E-state index contributed by atoms with van der Waals surface area (Å²) in [7, 11) is 3.37. The summed E-state index contributed by atoms with van der Waals surface area (Å²) in [5, 5.41) is 20.0. The summed E-state index contributed by atoms with van der Waals surface area (Å²) in [6.07, 6.45) is 0. The quantitative estimate of drug-likeness (QED) is 0.384. The molecule has 0 saturated carbocycles. The number of hydrogen-bond acceptors (Lipinski definition) is 7. The molecule has 0 spiro atoms. The third kappa shape index (κ3) is 3.57. The summed E-state index contributed by atoms with van der Waals surface area (Å²) in [5.41, 5.74) is 1.78. The van der Waals surface area contributed by atoms with Gasteiger partial charge in [0, 0.05) is 36.7 Å². The maximum atomic E-state index is 13.2. The lowest BCUT2D eigenvalue weighted by Gasteiger charge is -2.13. The molecule has 1 N–H and O–H groups in total. The number of nitrogens with one attached hydrogen (secondary N) is 1. The van der Waals surface area contributed by atoms with Crippen molar-refractivity contribution in [2.24, 2.45) is 0 Å². The number of benzene rings is 2. The lowest BCUT2D eigenvalue weighted by Crippen LogP contribution is -2.15. The molecule has 30 heavy (non-hydrogen) atoms. The van der Waals surface area contributed by atoms with Gasteiger partial charge in [-0.2, -0.15) is 4.98 Å². The second kappa shape index (κ2) is 7.52. The van der Waals surface area contributed by atoms with E-state index in [-0.39, 0.29) is 23.0 Å². The van der Waals surface area contributed by atoms with Gasteiger partial charge in [-0.15, -0.1) is 16.4 Å². The van der Waals surface area contributed by atoms with Gasteiger partial charge in [0.25, 0.3) is 17.5 Å². The van der Waals surface area contributed by atoms with Gasteiger partial charge < -0.3 is 4.90 Å². The van der Waals surface area contributed by atoms with Crippen LogP contribution in [0.4, 0.5) is 21.7 Å². The van der Waals surface area contributed by atoms with Gasteiger partial charge in [0.15, 0.2) is 0 Å². The van der Waals surface area contributed by atoms with Crippen LogP contribution in [0, 0.1) is 15.9 Å². The third-order valence-corrected chi connectivity index (χ3v) is 5.18. The normalized spacial score (nSPS) is 10.9. The minimum absolute atomic E-state index is 0.0644. The molecular formula is C19H15FN6O3S. The molecule has 9 nitrogen and oxygen atoms in total. The number of nitrogens with zero attached hydrogens (tertiary/aromatic N) is 5. The number of thiazole rings is 1. The summed E-state index contributed by atoms with van der Waals surface area (Å²) in [4.78, 5) is 29.8. The minimum atomic E-state index is -0.565. The van der Waals surface area contributed by atoms with Crippen molar-refractivity contribution >= 4 is 39.5 Å². The van der Waals surface area contributed by atoms with Crippen LogP contribution in [0.15, 0.2) is 47.8 Å². The molecule has 11 heteroatoms. The molecule has 1 amide bonds. The maximum Gasteiger partial charge on any atom is 0.293 e. The first kappa shape index (κ1) is 19.5. The van der Waals surface area contributed by atoms with Crippen molar-refractivity contribution in [2.45, 2.75) is 0 Å². The molecule has 2 aromatic carbocycles. The smallest absolute Gasteiger partial charge is 0.293 e. The Morgan fingerprint density at radius 1 is 1.23 bits per heavy atom. The summed E-state index contributed by atoms with van der Waals surface area (Å²) < 4.78 is 14.7. The Morgan fingerprint density at radius 2 is 1.97 bits per heavy atom. The van der Waals surface area contributed by atoms with Crippen LogP contribution in [0.3, 0.4) is 0 Å². The Bertz CT molecular complexity index is 1270. The van der Waals surface area contributed by atoms with Crippen LogP contribution in [-0.2, 0) is 0 Å². The Balaban J connectivity index is 1.62. The van der Waals surface area contributed by atoms with Crippen LogP contribution in [-0.4, -0.2) is 39.5 Å². The molecule has 4 rings (SSSR count). The molecule has 2 heterocycles. The molecule has 4 aromatic rings. The Hall–Kier alpha value is -3.86. The summed E-state index contributed by atoms with van der Waals surface area (Å²) in [6.45, 7) is 0. The highest BCUT2D eigenvalue weighted by Crippen LogP contribution is 2.29. The number of fused-ring (bicyclic) bond motifs is 1. The molecule has 0 saturated heterocycles. The van der Waals surface area contributed by atoms with Gasteiger partial charge in [0.1, 0.15) is 11.5 Å². The average Bonchev–Trinajstić information content (AvgIpc) is 3.28. The lowest BCUT2D eigenvalue weighted by atomic mass is 10.1. The molecule has 2 aromatic heterocycles. The van der Waals surface area contributed by atoms with E-state index in [9.17, 15) is 19.3 Å². The third-order valence-electron chi connectivity index (χ3n) is 4.36. The van der Waals surface area contributed by atoms with Crippen LogP contribution >= 0.6 is 11.3 Å². The van der Waals surface area contributed by atoms with Crippen molar-refractivity contribution in [2.75, 3.05) is 24.3 Å². The second-order valence-electron chi connectivity index (χ2n) is 6.57. The van der Waals surface area contributed by atoms with Crippen molar-refractivity contribution in [1.29, 1.82) is 0 Å². The van der Waals surface area contributed by atoms with E-state index in [2.05, 4.69) is 15.4 Å². The number of nitro benzene ring substituents is 1. The fourth-order valence-electron chi connectivity index (χ4n) is 2.92. The van der Waals surface area contributed by atoms with Gasteiger partial charge in [-0.1, -0.05) is 0 Å². The number of rotatable bonds is 5. The zero-order valence-corrected chi connectivity index (χ0v) is 16.7. The molecule has 152 valence electrons. The molecule has 0 aliphatic heterocycles. The Labute approximate surface area is 173 Å². The largest absolute Gasteiger partial charge is 0.372 e. The molecule has 0 aliphatic carbocycles. The van der Waals surface area contributed by atoms with Crippen molar-refractivity contribution in [3.05, 3.63) is 69.3 Å². The van der Waals surface area contributed by atoms with E-state index in [1.54, 1.807) is 35.6 Å². The van der Waals surface area contributed by atoms with Crippen molar-refractivity contribution in [3.63, 3.8) is 0 Å². The van der Waals surface area contributed by atoms with Gasteiger partial charge in [-0.25, -0.2) is 8.91 Å². The van der Waals surface area contributed by atoms with Crippen LogP contribution in [0.25, 0.3) is 16.2 Å². The van der Waals surface area contributed by atoms with Crippen LogP contribution in [0.5, 0.6) is 0 Å². The van der Waals surface area contributed by atoms with E-state index < -0.39 is 10.8 Å². The Kier molecular flexibility index (Phi) is 4.88. The van der Waals surface area contributed by atoms with Crippen LogP contribution in [0.2, 0.25) is 0 Å². The first-order valence-corrected chi connectivity index (χ1v) is 9.59. The zero-order chi connectivity index (χ0) is 21.4. The predicted octanol–water partition coefficient (Wildman–Crippen LogP) is 3.82. The monoisotopic (exact) mass is 426 g/mol. The standard InChI is InChI=1S/C19H15FN6O3S/c1-24(2)14-8-5-12(9-15(14)26(28)29)17(27)21-18-22-19-25(23-18)16(10-30-19)11-3-6-13(20)7-4-11/h3-10H,1-2H3,(H,21,23,27). The average molecular weight is 426 g/mol. The number of hydrogen-bond donors (Lipinski definition) is 1. The van der Waals surface area contributed by atoms with Gasteiger partial charge in [0.2, 0.25) is 4.96 Å². The highest BCUT2D eigenvalue weighted by molar-refractivity contribution is 7.15. The number of anilines is 2. The number of carbonyl (C=O) groups is 1.